The predicted molar refractivity (Wildman–Crippen MR) is 61.9 cm³/mol. The second-order valence-electron chi connectivity index (χ2n) is 3.69. The number of carbonyl (C=O) groups is 1. The van der Waals surface area contributed by atoms with Gasteiger partial charge in [0.1, 0.15) is 5.69 Å². The van der Waals surface area contributed by atoms with Crippen molar-refractivity contribution in [2.45, 2.75) is 19.8 Å². The zero-order valence-electron chi connectivity index (χ0n) is 9.81. The second-order valence-corrected chi connectivity index (χ2v) is 3.69. The van der Waals surface area contributed by atoms with Crippen LogP contribution >= 0.6 is 0 Å². The van der Waals surface area contributed by atoms with Gasteiger partial charge >= 0.3 is 0 Å². The third kappa shape index (κ3) is 4.35. The SMILES string of the molecule is CCCCN(C)CNC(=O)c1cnccn1. The summed E-state index contributed by atoms with van der Waals surface area (Å²) in [6.45, 7) is 3.67. The van der Waals surface area contributed by atoms with Crippen molar-refractivity contribution in [1.82, 2.24) is 20.2 Å². The van der Waals surface area contributed by atoms with Crippen LogP contribution in [0.25, 0.3) is 0 Å². The summed E-state index contributed by atoms with van der Waals surface area (Å²) in [6.07, 6.45) is 6.81. The van der Waals surface area contributed by atoms with Gasteiger partial charge in [0.2, 0.25) is 0 Å². The van der Waals surface area contributed by atoms with E-state index in [1.54, 1.807) is 6.20 Å². The Labute approximate surface area is 95.9 Å². The summed E-state index contributed by atoms with van der Waals surface area (Å²) >= 11 is 0. The van der Waals surface area contributed by atoms with Crippen molar-refractivity contribution in [3.8, 4) is 0 Å². The first-order valence-electron chi connectivity index (χ1n) is 5.46. The van der Waals surface area contributed by atoms with Gasteiger partial charge in [0.15, 0.2) is 0 Å². The van der Waals surface area contributed by atoms with E-state index in [4.69, 9.17) is 0 Å². The number of nitrogens with zero attached hydrogens (tertiary/aromatic N) is 3. The van der Waals surface area contributed by atoms with Crippen molar-refractivity contribution < 1.29 is 4.79 Å². The summed E-state index contributed by atoms with van der Waals surface area (Å²) in [5.41, 5.74) is 0.353. The Morgan fingerprint density at radius 1 is 1.50 bits per heavy atom. The van der Waals surface area contributed by atoms with E-state index in [1.807, 2.05) is 7.05 Å². The first-order chi connectivity index (χ1) is 7.74. The number of hydrogen-bond acceptors (Lipinski definition) is 4. The number of hydrogen-bond donors (Lipinski definition) is 1. The maximum absolute atomic E-state index is 11.6. The quantitative estimate of drug-likeness (QED) is 0.726. The fraction of sp³-hybridized carbons (Fsp3) is 0.545. The van der Waals surface area contributed by atoms with E-state index in [2.05, 4.69) is 27.1 Å². The Morgan fingerprint density at radius 3 is 2.94 bits per heavy atom. The zero-order valence-corrected chi connectivity index (χ0v) is 9.81. The number of aromatic nitrogens is 2. The van der Waals surface area contributed by atoms with Crippen molar-refractivity contribution >= 4 is 5.91 Å². The third-order valence-electron chi connectivity index (χ3n) is 2.20. The molecule has 0 aliphatic heterocycles. The molecule has 0 aromatic carbocycles. The average Bonchev–Trinajstić information content (AvgIpc) is 2.34. The average molecular weight is 222 g/mol. The van der Waals surface area contributed by atoms with Crippen LogP contribution in [0.15, 0.2) is 18.6 Å². The first-order valence-corrected chi connectivity index (χ1v) is 5.46. The molecular formula is C11H18N4O. The normalized spacial score (nSPS) is 10.4. The van der Waals surface area contributed by atoms with Crippen molar-refractivity contribution in [3.05, 3.63) is 24.3 Å². The van der Waals surface area contributed by atoms with Gasteiger partial charge in [-0.15, -0.1) is 0 Å². The molecule has 1 rings (SSSR count). The molecule has 0 atom stereocenters. The summed E-state index contributed by atoms with van der Waals surface area (Å²) in [4.78, 5) is 21.4. The van der Waals surface area contributed by atoms with Crippen LogP contribution in [0.1, 0.15) is 30.3 Å². The first kappa shape index (κ1) is 12.6. The molecule has 1 N–H and O–H groups in total. The molecule has 1 heterocycles. The summed E-state index contributed by atoms with van der Waals surface area (Å²) in [5.74, 6) is -0.184. The molecule has 0 aliphatic rings. The molecule has 0 saturated heterocycles. The predicted octanol–water partition coefficient (Wildman–Crippen LogP) is 0.896. The van der Waals surface area contributed by atoms with Crippen LogP contribution in [0.4, 0.5) is 0 Å². The summed E-state index contributed by atoms with van der Waals surface area (Å²) in [7, 11) is 1.98. The van der Waals surface area contributed by atoms with Crippen molar-refractivity contribution in [2.75, 3.05) is 20.3 Å². The largest absolute Gasteiger partial charge is 0.338 e. The molecule has 5 nitrogen and oxygen atoms in total. The highest BCUT2D eigenvalue weighted by Gasteiger charge is 2.06. The Bertz CT molecular complexity index is 315. The molecule has 5 heteroatoms. The van der Waals surface area contributed by atoms with Gasteiger partial charge in [0.05, 0.1) is 12.9 Å². The summed E-state index contributed by atoms with van der Waals surface area (Å²) < 4.78 is 0. The van der Waals surface area contributed by atoms with Gasteiger partial charge in [-0.2, -0.15) is 0 Å². The number of amides is 1. The summed E-state index contributed by atoms with van der Waals surface area (Å²) in [5, 5.41) is 2.79. The van der Waals surface area contributed by atoms with Gasteiger partial charge in [-0.1, -0.05) is 13.3 Å². The Morgan fingerprint density at radius 2 is 2.31 bits per heavy atom. The van der Waals surface area contributed by atoms with Gasteiger partial charge in [-0.05, 0) is 20.0 Å². The number of unbranched alkanes of at least 4 members (excludes halogenated alkanes) is 1. The van der Waals surface area contributed by atoms with Gasteiger partial charge < -0.3 is 5.32 Å². The minimum atomic E-state index is -0.184. The van der Waals surface area contributed by atoms with Crippen LogP contribution in [0, 0.1) is 0 Å². The zero-order chi connectivity index (χ0) is 11.8. The van der Waals surface area contributed by atoms with Gasteiger partial charge in [0.25, 0.3) is 5.91 Å². The van der Waals surface area contributed by atoms with Crippen LogP contribution < -0.4 is 5.32 Å². The fourth-order valence-corrected chi connectivity index (χ4v) is 1.22. The lowest BCUT2D eigenvalue weighted by molar-refractivity contribution is 0.0924. The highest BCUT2D eigenvalue weighted by Crippen LogP contribution is 1.92. The highest BCUT2D eigenvalue weighted by molar-refractivity contribution is 5.91. The lowest BCUT2D eigenvalue weighted by Crippen LogP contribution is -2.36. The molecule has 0 unspecified atom stereocenters. The minimum absolute atomic E-state index is 0.184. The molecule has 1 amide bonds. The topological polar surface area (TPSA) is 58.1 Å². The number of nitrogens with one attached hydrogen (secondary N) is 1. The van der Waals surface area contributed by atoms with Gasteiger partial charge in [0, 0.05) is 12.4 Å². The monoisotopic (exact) mass is 222 g/mol. The lowest BCUT2D eigenvalue weighted by atomic mass is 10.3. The third-order valence-corrected chi connectivity index (χ3v) is 2.20. The number of rotatable bonds is 6. The molecular weight excluding hydrogens is 204 g/mol. The molecule has 0 aliphatic carbocycles. The molecule has 0 saturated carbocycles. The van der Waals surface area contributed by atoms with E-state index in [9.17, 15) is 4.79 Å². The Hall–Kier alpha value is -1.49. The van der Waals surface area contributed by atoms with Crippen molar-refractivity contribution in [3.63, 3.8) is 0 Å². The molecule has 0 radical (unpaired) electrons. The second kappa shape index (κ2) is 6.90. The summed E-state index contributed by atoms with van der Waals surface area (Å²) in [6, 6.07) is 0. The van der Waals surface area contributed by atoms with E-state index < -0.39 is 0 Å². The lowest BCUT2D eigenvalue weighted by Gasteiger charge is -2.16. The van der Waals surface area contributed by atoms with Gasteiger partial charge in [-0.25, -0.2) is 4.98 Å². The van der Waals surface area contributed by atoms with Crippen LogP contribution in [-0.4, -0.2) is 41.0 Å². The molecule has 0 bridgehead atoms. The van der Waals surface area contributed by atoms with Crippen LogP contribution in [0.3, 0.4) is 0 Å². The smallest absolute Gasteiger partial charge is 0.272 e. The van der Waals surface area contributed by atoms with E-state index in [-0.39, 0.29) is 5.91 Å². The van der Waals surface area contributed by atoms with Crippen molar-refractivity contribution in [2.24, 2.45) is 0 Å². The van der Waals surface area contributed by atoms with E-state index in [0.717, 1.165) is 19.4 Å². The van der Waals surface area contributed by atoms with Crippen LogP contribution in [0.5, 0.6) is 0 Å². The minimum Gasteiger partial charge on any atom is -0.338 e. The molecule has 0 fully saturated rings. The molecule has 16 heavy (non-hydrogen) atoms. The fourth-order valence-electron chi connectivity index (χ4n) is 1.22. The van der Waals surface area contributed by atoms with E-state index in [0.29, 0.717) is 12.4 Å². The van der Waals surface area contributed by atoms with Crippen molar-refractivity contribution in [1.29, 1.82) is 0 Å². The molecule has 1 aromatic heterocycles. The highest BCUT2D eigenvalue weighted by atomic mass is 16.2. The Kier molecular flexibility index (Phi) is 5.42. The molecule has 88 valence electrons. The van der Waals surface area contributed by atoms with E-state index in [1.165, 1.54) is 12.4 Å². The molecule has 0 spiro atoms. The van der Waals surface area contributed by atoms with Crippen LogP contribution in [-0.2, 0) is 0 Å². The number of carbonyl (C=O) groups excluding carboxylic acids is 1. The Balaban J connectivity index is 2.30. The van der Waals surface area contributed by atoms with Gasteiger partial charge in [-0.3, -0.25) is 14.7 Å². The maximum atomic E-state index is 11.6. The van der Waals surface area contributed by atoms with E-state index >= 15 is 0 Å². The standard InChI is InChI=1S/C11H18N4O/c1-3-4-7-15(2)9-14-11(16)10-8-12-5-6-13-10/h5-6,8H,3-4,7,9H2,1-2H3,(H,14,16). The molecule has 1 aromatic rings. The van der Waals surface area contributed by atoms with Crippen LogP contribution in [0.2, 0.25) is 0 Å². The maximum Gasteiger partial charge on any atom is 0.272 e.